The Morgan fingerprint density at radius 2 is 2.11 bits per heavy atom. The number of aliphatic imine (C=N–C) groups is 1. The smallest absolute Gasteiger partial charge is 0.191 e. The number of nitrogens with zero attached hydrogens (tertiary/aromatic N) is 2. The number of likely N-dealkylation sites (N-methyl/N-ethyl adjacent to an activating group) is 1. The van der Waals surface area contributed by atoms with Gasteiger partial charge in [-0.15, -0.1) is 0 Å². The first-order valence-corrected chi connectivity index (χ1v) is 6.67. The van der Waals surface area contributed by atoms with Crippen molar-refractivity contribution in [1.82, 2.24) is 15.5 Å². The molecule has 0 unspecified atom stereocenters. The Hall–Kier alpha value is -1.49. The minimum absolute atomic E-state index is 0.0703. The van der Waals surface area contributed by atoms with Crippen LogP contribution in [0.15, 0.2) is 27.8 Å². The molecule has 0 aliphatic heterocycles. The highest BCUT2D eigenvalue weighted by Gasteiger charge is 2.20. The summed E-state index contributed by atoms with van der Waals surface area (Å²) in [6, 6.07) is 3.80. The third-order valence-electron chi connectivity index (χ3n) is 3.22. The summed E-state index contributed by atoms with van der Waals surface area (Å²) in [5.74, 6) is 1.68. The molecule has 0 fully saturated rings. The van der Waals surface area contributed by atoms with Crippen LogP contribution in [0.2, 0.25) is 0 Å². The van der Waals surface area contributed by atoms with E-state index in [4.69, 9.17) is 4.42 Å². The molecule has 0 bridgehead atoms. The molecule has 1 heterocycles. The first-order chi connectivity index (χ1) is 8.95. The van der Waals surface area contributed by atoms with Crippen LogP contribution >= 0.6 is 0 Å². The molecule has 0 atom stereocenters. The average Bonchev–Trinajstić information content (AvgIpc) is 2.85. The summed E-state index contributed by atoms with van der Waals surface area (Å²) in [5.41, 5.74) is 0.0703. The van der Waals surface area contributed by atoms with E-state index in [0.29, 0.717) is 6.54 Å². The normalized spacial score (nSPS) is 12.8. The van der Waals surface area contributed by atoms with Crippen molar-refractivity contribution >= 4 is 5.96 Å². The Morgan fingerprint density at radius 3 is 2.63 bits per heavy atom. The molecule has 0 aliphatic rings. The number of nitrogens with one attached hydrogen (secondary N) is 2. The molecule has 1 aromatic rings. The molecule has 0 amide bonds. The van der Waals surface area contributed by atoms with Crippen LogP contribution in [0.4, 0.5) is 0 Å². The average molecular weight is 266 g/mol. The summed E-state index contributed by atoms with van der Waals surface area (Å²) in [5, 5.41) is 6.60. The highest BCUT2D eigenvalue weighted by molar-refractivity contribution is 5.79. The monoisotopic (exact) mass is 266 g/mol. The van der Waals surface area contributed by atoms with E-state index in [9.17, 15) is 0 Å². The van der Waals surface area contributed by atoms with Gasteiger partial charge in [0.1, 0.15) is 12.3 Å². The lowest BCUT2D eigenvalue weighted by molar-refractivity contribution is 0.197. The quantitative estimate of drug-likeness (QED) is 0.607. The third-order valence-corrected chi connectivity index (χ3v) is 3.22. The molecule has 0 aliphatic carbocycles. The fourth-order valence-corrected chi connectivity index (χ4v) is 1.36. The molecule has 0 radical (unpaired) electrons. The molecule has 108 valence electrons. The summed E-state index contributed by atoms with van der Waals surface area (Å²) in [4.78, 5) is 6.69. The second kappa shape index (κ2) is 7.19. The van der Waals surface area contributed by atoms with Gasteiger partial charge >= 0.3 is 0 Å². The highest BCUT2D eigenvalue weighted by Crippen LogP contribution is 2.07. The van der Waals surface area contributed by atoms with Crippen molar-refractivity contribution in [2.24, 2.45) is 4.99 Å². The number of hydrogen-bond acceptors (Lipinski definition) is 3. The van der Waals surface area contributed by atoms with E-state index in [1.54, 1.807) is 6.26 Å². The van der Waals surface area contributed by atoms with Gasteiger partial charge in [-0.2, -0.15) is 0 Å². The zero-order chi connectivity index (χ0) is 14.3. The lowest BCUT2D eigenvalue weighted by Gasteiger charge is -2.33. The van der Waals surface area contributed by atoms with Crippen LogP contribution in [0.1, 0.15) is 26.5 Å². The van der Waals surface area contributed by atoms with Crippen LogP contribution in [-0.2, 0) is 6.54 Å². The molecular weight excluding hydrogens is 240 g/mol. The molecule has 1 rings (SSSR count). The van der Waals surface area contributed by atoms with E-state index < -0.39 is 0 Å². The zero-order valence-corrected chi connectivity index (χ0v) is 12.7. The van der Waals surface area contributed by atoms with E-state index in [-0.39, 0.29) is 5.54 Å². The van der Waals surface area contributed by atoms with E-state index in [1.807, 2.05) is 12.1 Å². The minimum atomic E-state index is 0.0703. The van der Waals surface area contributed by atoms with Gasteiger partial charge in [-0.25, -0.2) is 4.99 Å². The van der Waals surface area contributed by atoms with E-state index in [0.717, 1.165) is 24.8 Å². The Bertz CT molecular complexity index is 382. The largest absolute Gasteiger partial charge is 0.467 e. The Kier molecular flexibility index (Phi) is 5.89. The van der Waals surface area contributed by atoms with E-state index >= 15 is 0 Å². The first-order valence-electron chi connectivity index (χ1n) is 6.67. The molecule has 5 heteroatoms. The molecule has 0 saturated heterocycles. The third kappa shape index (κ3) is 5.34. The lowest BCUT2D eigenvalue weighted by Crippen LogP contribution is -2.50. The van der Waals surface area contributed by atoms with Gasteiger partial charge in [-0.3, -0.25) is 0 Å². The number of guanidine groups is 1. The summed E-state index contributed by atoms with van der Waals surface area (Å²) in [7, 11) is 4.16. The molecule has 1 aromatic heterocycles. The molecule has 0 aromatic carbocycles. The Morgan fingerprint density at radius 1 is 1.37 bits per heavy atom. The van der Waals surface area contributed by atoms with Gasteiger partial charge in [0.2, 0.25) is 0 Å². The zero-order valence-electron chi connectivity index (χ0n) is 12.7. The molecule has 19 heavy (non-hydrogen) atoms. The maximum Gasteiger partial charge on any atom is 0.191 e. The fraction of sp³-hybridized carbons (Fsp3) is 0.643. The van der Waals surface area contributed by atoms with Gasteiger partial charge in [-0.05, 0) is 47.0 Å². The number of rotatable bonds is 6. The Balaban J connectivity index is 2.55. The van der Waals surface area contributed by atoms with E-state index in [2.05, 4.69) is 55.4 Å². The SMILES string of the molecule is CCNC(=NCc1ccco1)NCC(C)(C)N(C)C. The molecule has 0 spiro atoms. The van der Waals surface area contributed by atoms with Crippen LogP contribution in [0, 0.1) is 0 Å². The van der Waals surface area contributed by atoms with Gasteiger partial charge < -0.3 is 20.0 Å². The van der Waals surface area contributed by atoms with Gasteiger partial charge in [-0.1, -0.05) is 0 Å². The minimum Gasteiger partial charge on any atom is -0.467 e. The highest BCUT2D eigenvalue weighted by atomic mass is 16.3. The summed E-state index contributed by atoms with van der Waals surface area (Å²) >= 11 is 0. The van der Waals surface area contributed by atoms with Crippen LogP contribution in [0.3, 0.4) is 0 Å². The first kappa shape index (κ1) is 15.6. The predicted octanol–water partition coefficient (Wildman–Crippen LogP) is 1.67. The molecular formula is C14H26N4O. The molecule has 2 N–H and O–H groups in total. The second-order valence-electron chi connectivity index (χ2n) is 5.33. The van der Waals surface area contributed by atoms with Crippen LogP contribution in [0.25, 0.3) is 0 Å². The summed E-state index contributed by atoms with van der Waals surface area (Å²) < 4.78 is 5.27. The van der Waals surface area contributed by atoms with Crippen LogP contribution < -0.4 is 10.6 Å². The number of hydrogen-bond donors (Lipinski definition) is 2. The maximum absolute atomic E-state index is 5.27. The van der Waals surface area contributed by atoms with Crippen molar-refractivity contribution in [2.45, 2.75) is 32.9 Å². The standard InChI is InChI=1S/C14H26N4O/c1-6-15-13(16-10-12-8-7-9-19-12)17-11-14(2,3)18(4)5/h7-9H,6,10-11H2,1-5H3,(H2,15,16,17). The van der Waals surface area contributed by atoms with Crippen molar-refractivity contribution in [3.05, 3.63) is 24.2 Å². The van der Waals surface area contributed by atoms with Crippen molar-refractivity contribution in [3.8, 4) is 0 Å². The fourth-order valence-electron chi connectivity index (χ4n) is 1.36. The van der Waals surface area contributed by atoms with Gasteiger partial charge in [0.05, 0.1) is 6.26 Å². The van der Waals surface area contributed by atoms with Crippen molar-refractivity contribution < 1.29 is 4.42 Å². The van der Waals surface area contributed by atoms with Gasteiger partial charge in [0, 0.05) is 18.6 Å². The van der Waals surface area contributed by atoms with Crippen LogP contribution in [-0.4, -0.2) is 43.6 Å². The molecule has 0 saturated carbocycles. The molecule has 5 nitrogen and oxygen atoms in total. The van der Waals surface area contributed by atoms with Crippen molar-refractivity contribution in [3.63, 3.8) is 0 Å². The second-order valence-corrected chi connectivity index (χ2v) is 5.33. The van der Waals surface area contributed by atoms with E-state index in [1.165, 1.54) is 0 Å². The summed E-state index contributed by atoms with van der Waals surface area (Å²) in [6.07, 6.45) is 1.67. The topological polar surface area (TPSA) is 52.8 Å². The van der Waals surface area contributed by atoms with Crippen molar-refractivity contribution in [2.75, 3.05) is 27.2 Å². The maximum atomic E-state index is 5.27. The lowest BCUT2D eigenvalue weighted by atomic mass is 10.0. The van der Waals surface area contributed by atoms with Gasteiger partial charge in [0.25, 0.3) is 0 Å². The number of furan rings is 1. The summed E-state index contributed by atoms with van der Waals surface area (Å²) in [6.45, 7) is 8.65. The van der Waals surface area contributed by atoms with Gasteiger partial charge in [0.15, 0.2) is 5.96 Å². The van der Waals surface area contributed by atoms with Crippen molar-refractivity contribution in [1.29, 1.82) is 0 Å². The Labute approximate surface area is 116 Å². The van der Waals surface area contributed by atoms with Crippen LogP contribution in [0.5, 0.6) is 0 Å². The predicted molar refractivity (Wildman–Crippen MR) is 79.3 cm³/mol.